The van der Waals surface area contributed by atoms with E-state index in [0.717, 1.165) is 17.6 Å². The third kappa shape index (κ3) is 8.45. The molecule has 0 bridgehead atoms. The summed E-state index contributed by atoms with van der Waals surface area (Å²) in [5, 5.41) is 17.9. The molecule has 0 spiro atoms. The fourth-order valence-electron chi connectivity index (χ4n) is 3.97. The van der Waals surface area contributed by atoms with Crippen LogP contribution in [0.15, 0.2) is 0 Å². The average Bonchev–Trinajstić information content (AvgIpc) is 2.62. The van der Waals surface area contributed by atoms with Crippen LogP contribution in [-0.4, -0.2) is 47.4 Å². The first-order valence-electron chi connectivity index (χ1n) is 11.0. The predicted molar refractivity (Wildman–Crippen MR) is 136 cm³/mol. The monoisotopic (exact) mass is 468 g/mol. The highest BCUT2D eigenvalue weighted by Gasteiger charge is 2.36. The van der Waals surface area contributed by atoms with Crippen molar-refractivity contribution >= 4 is 43.2 Å². The van der Waals surface area contributed by atoms with Crippen LogP contribution in [0.1, 0.15) is 84.5 Å². The van der Waals surface area contributed by atoms with Crippen LogP contribution in [0.5, 0.6) is 0 Å². The Balaban J connectivity index is 0.000000212. The van der Waals surface area contributed by atoms with Gasteiger partial charge in [-0.1, -0.05) is 76.3 Å². The number of aliphatic hydroxyl groups excluding tert-OH is 2. The van der Waals surface area contributed by atoms with Gasteiger partial charge in [0.05, 0.1) is 0 Å². The molecule has 0 aliphatic heterocycles. The maximum absolute atomic E-state index is 9.04. The quantitative estimate of drug-likeness (QED) is 0.328. The van der Waals surface area contributed by atoms with Crippen molar-refractivity contribution in [1.82, 2.24) is 0 Å². The zero-order valence-corrected chi connectivity index (χ0v) is 21.9. The SMILES string of the molecule is CCC1(CO)CCC1.CCC1(CSSC)CCC1.CSSCC1(CO)CCC1. The van der Waals surface area contributed by atoms with Gasteiger partial charge >= 0.3 is 0 Å². The lowest BCUT2D eigenvalue weighted by molar-refractivity contribution is 0.0410. The van der Waals surface area contributed by atoms with E-state index in [9.17, 15) is 0 Å². The maximum Gasteiger partial charge on any atom is 0.0495 e. The minimum atomic E-state index is 0.313. The first-order chi connectivity index (χ1) is 13.5. The first kappa shape index (κ1) is 27.4. The molecule has 0 atom stereocenters. The van der Waals surface area contributed by atoms with E-state index >= 15 is 0 Å². The van der Waals surface area contributed by atoms with E-state index in [1.165, 1.54) is 70.0 Å². The summed E-state index contributed by atoms with van der Waals surface area (Å²) in [6, 6.07) is 0. The molecule has 28 heavy (non-hydrogen) atoms. The molecular formula is C22H44O2S4. The second kappa shape index (κ2) is 14.4. The Morgan fingerprint density at radius 3 is 1.14 bits per heavy atom. The van der Waals surface area contributed by atoms with E-state index in [0.29, 0.717) is 24.0 Å². The van der Waals surface area contributed by atoms with E-state index < -0.39 is 0 Å². The van der Waals surface area contributed by atoms with Crippen molar-refractivity contribution in [3.05, 3.63) is 0 Å². The summed E-state index contributed by atoms with van der Waals surface area (Å²) in [5.41, 5.74) is 1.43. The van der Waals surface area contributed by atoms with Crippen LogP contribution in [0.25, 0.3) is 0 Å². The summed E-state index contributed by atoms with van der Waals surface area (Å²) >= 11 is 0. The molecule has 0 unspecified atom stereocenters. The van der Waals surface area contributed by atoms with E-state index in [2.05, 4.69) is 26.4 Å². The lowest BCUT2D eigenvalue weighted by Crippen LogP contribution is -2.35. The zero-order chi connectivity index (χ0) is 20.9. The second-order valence-corrected chi connectivity index (χ2v) is 14.1. The minimum Gasteiger partial charge on any atom is -0.396 e. The maximum atomic E-state index is 9.04. The third-order valence-corrected chi connectivity index (χ3v) is 11.4. The molecule has 0 aromatic heterocycles. The molecule has 2 nitrogen and oxygen atoms in total. The lowest BCUT2D eigenvalue weighted by Gasteiger charge is -2.40. The molecule has 3 fully saturated rings. The number of hydrogen-bond donors (Lipinski definition) is 2. The average molecular weight is 469 g/mol. The van der Waals surface area contributed by atoms with Crippen LogP contribution in [-0.2, 0) is 0 Å². The Bertz CT molecular complexity index is 343. The van der Waals surface area contributed by atoms with Gasteiger partial charge in [-0.15, -0.1) is 0 Å². The standard InChI is InChI=1S/C8H16S2.C7H14OS2.C7H14O/c1-3-8(5-4-6-8)7-10-9-2;1-9-10-6-7(5-8)3-2-4-7;1-2-7(6-8)4-3-5-7/h3-7H2,1-2H3;8H,2-6H2,1H3;8H,2-6H2,1H3. The normalized spacial score (nSPS) is 22.9. The molecule has 0 heterocycles. The molecule has 3 aliphatic rings. The van der Waals surface area contributed by atoms with E-state index in [4.69, 9.17) is 10.2 Å². The second-order valence-electron chi connectivity index (χ2n) is 8.94. The molecule has 0 amide bonds. The largest absolute Gasteiger partial charge is 0.396 e. The smallest absolute Gasteiger partial charge is 0.0495 e. The van der Waals surface area contributed by atoms with Crippen molar-refractivity contribution in [3.8, 4) is 0 Å². The van der Waals surface area contributed by atoms with Crippen LogP contribution in [0.3, 0.4) is 0 Å². The topological polar surface area (TPSA) is 40.5 Å². The van der Waals surface area contributed by atoms with Crippen LogP contribution in [0.2, 0.25) is 0 Å². The van der Waals surface area contributed by atoms with Crippen molar-refractivity contribution < 1.29 is 10.2 Å². The van der Waals surface area contributed by atoms with Gasteiger partial charge < -0.3 is 10.2 Å². The summed E-state index contributed by atoms with van der Waals surface area (Å²) in [6.07, 6.45) is 18.9. The molecule has 0 saturated heterocycles. The molecule has 168 valence electrons. The highest BCUT2D eigenvalue weighted by atomic mass is 33.1. The summed E-state index contributed by atoms with van der Waals surface area (Å²) in [4.78, 5) is 0. The van der Waals surface area contributed by atoms with Crippen molar-refractivity contribution in [1.29, 1.82) is 0 Å². The Labute approximate surface area is 190 Å². The number of rotatable bonds is 10. The lowest BCUT2D eigenvalue weighted by atomic mass is 9.68. The molecule has 3 saturated carbocycles. The highest BCUT2D eigenvalue weighted by molar-refractivity contribution is 8.76. The molecule has 2 N–H and O–H groups in total. The third-order valence-electron chi connectivity index (χ3n) is 7.38. The highest BCUT2D eigenvalue weighted by Crippen LogP contribution is 2.47. The van der Waals surface area contributed by atoms with Gasteiger partial charge in [0.2, 0.25) is 0 Å². The summed E-state index contributed by atoms with van der Waals surface area (Å²) < 4.78 is 0. The molecule has 6 heteroatoms. The van der Waals surface area contributed by atoms with Gasteiger partial charge in [-0.2, -0.15) is 0 Å². The van der Waals surface area contributed by atoms with E-state index in [-0.39, 0.29) is 0 Å². The molecule has 0 aromatic rings. The fraction of sp³-hybridized carbons (Fsp3) is 1.00. The summed E-state index contributed by atoms with van der Waals surface area (Å²) in [6.45, 7) is 5.29. The van der Waals surface area contributed by atoms with E-state index in [1.807, 2.05) is 32.4 Å². The van der Waals surface area contributed by atoms with Crippen LogP contribution >= 0.6 is 43.2 Å². The predicted octanol–water partition coefficient (Wildman–Crippen LogP) is 7.30. The van der Waals surface area contributed by atoms with Gasteiger partial charge in [-0.05, 0) is 74.7 Å². The minimum absolute atomic E-state index is 0.313. The zero-order valence-electron chi connectivity index (χ0n) is 18.6. The van der Waals surface area contributed by atoms with Crippen LogP contribution in [0.4, 0.5) is 0 Å². The Morgan fingerprint density at radius 2 is 0.964 bits per heavy atom. The van der Waals surface area contributed by atoms with Crippen LogP contribution < -0.4 is 0 Å². The number of aliphatic hydroxyl groups is 2. The molecule has 0 radical (unpaired) electrons. The number of hydrogen-bond acceptors (Lipinski definition) is 6. The van der Waals surface area contributed by atoms with Gasteiger partial charge in [0.1, 0.15) is 0 Å². The van der Waals surface area contributed by atoms with Crippen molar-refractivity contribution in [2.24, 2.45) is 16.2 Å². The first-order valence-corrected chi connectivity index (χ1v) is 16.5. The van der Waals surface area contributed by atoms with Gasteiger partial charge in [0.15, 0.2) is 0 Å². The van der Waals surface area contributed by atoms with Crippen molar-refractivity contribution in [2.75, 3.05) is 37.2 Å². The van der Waals surface area contributed by atoms with Gasteiger partial charge in [-0.25, -0.2) is 0 Å². The molecule has 3 rings (SSSR count). The Kier molecular flexibility index (Phi) is 14.1. The van der Waals surface area contributed by atoms with Crippen molar-refractivity contribution in [2.45, 2.75) is 84.5 Å². The molecular weight excluding hydrogens is 425 g/mol. The summed E-state index contributed by atoms with van der Waals surface area (Å²) in [5.74, 6) is 2.51. The van der Waals surface area contributed by atoms with Crippen molar-refractivity contribution in [3.63, 3.8) is 0 Å². The van der Waals surface area contributed by atoms with E-state index in [1.54, 1.807) is 10.8 Å². The fourth-order valence-corrected chi connectivity index (χ4v) is 7.79. The Hall–Kier alpha value is 1.32. The Morgan fingerprint density at radius 1 is 0.607 bits per heavy atom. The van der Waals surface area contributed by atoms with Gasteiger partial charge in [0.25, 0.3) is 0 Å². The summed E-state index contributed by atoms with van der Waals surface area (Å²) in [7, 11) is 7.61. The van der Waals surface area contributed by atoms with Gasteiger partial charge in [0, 0.05) is 30.1 Å². The molecule has 3 aliphatic carbocycles. The van der Waals surface area contributed by atoms with Crippen LogP contribution in [0, 0.1) is 16.2 Å². The molecule has 0 aromatic carbocycles. The van der Waals surface area contributed by atoms with Gasteiger partial charge in [-0.3, -0.25) is 0 Å².